The molecule has 0 aliphatic carbocycles. The summed E-state index contributed by atoms with van der Waals surface area (Å²) in [5.41, 5.74) is 1.21. The van der Waals surface area contributed by atoms with Gasteiger partial charge in [0.1, 0.15) is 17.4 Å². The molecular weight excluding hydrogens is 340 g/mol. The second kappa shape index (κ2) is 7.35. The van der Waals surface area contributed by atoms with E-state index in [-0.39, 0.29) is 5.69 Å². The Kier molecular flexibility index (Phi) is 4.97. The minimum Gasteiger partial charge on any atom is -0.497 e. The van der Waals surface area contributed by atoms with Crippen LogP contribution in [0.25, 0.3) is 11.3 Å². The van der Waals surface area contributed by atoms with E-state index in [0.29, 0.717) is 29.2 Å². The van der Waals surface area contributed by atoms with Gasteiger partial charge < -0.3 is 10.1 Å². The van der Waals surface area contributed by atoms with Crippen molar-refractivity contribution in [1.29, 1.82) is 0 Å². The maximum atomic E-state index is 14.4. The minimum absolute atomic E-state index is 0.112. The Morgan fingerprint density at radius 3 is 2.65 bits per heavy atom. The number of nitrogens with one attached hydrogen (secondary N) is 1. The van der Waals surface area contributed by atoms with E-state index in [9.17, 15) is 13.6 Å². The van der Waals surface area contributed by atoms with Gasteiger partial charge >= 0.3 is 0 Å². The van der Waals surface area contributed by atoms with E-state index >= 15 is 0 Å². The number of methoxy groups -OCH3 is 1. The smallest absolute Gasteiger partial charge is 0.276 e. The zero-order valence-corrected chi connectivity index (χ0v) is 14.3. The largest absolute Gasteiger partial charge is 0.497 e. The number of amides is 1. The Morgan fingerprint density at radius 2 is 2.00 bits per heavy atom. The van der Waals surface area contributed by atoms with Gasteiger partial charge in [-0.2, -0.15) is 5.10 Å². The van der Waals surface area contributed by atoms with Crippen LogP contribution in [-0.4, -0.2) is 22.8 Å². The predicted octanol–water partition coefficient (Wildman–Crippen LogP) is 4.11. The van der Waals surface area contributed by atoms with E-state index in [2.05, 4.69) is 10.4 Å². The van der Waals surface area contributed by atoms with Crippen LogP contribution in [0.15, 0.2) is 48.5 Å². The molecule has 0 bridgehead atoms. The first kappa shape index (κ1) is 17.6. The van der Waals surface area contributed by atoms with E-state index in [4.69, 9.17) is 4.74 Å². The molecule has 0 unspecified atom stereocenters. The fourth-order valence-corrected chi connectivity index (χ4v) is 2.58. The van der Waals surface area contributed by atoms with Crippen LogP contribution in [0.1, 0.15) is 17.4 Å². The Morgan fingerprint density at radius 1 is 1.19 bits per heavy atom. The highest BCUT2D eigenvalue weighted by atomic mass is 19.1. The van der Waals surface area contributed by atoms with Crippen LogP contribution < -0.4 is 10.1 Å². The molecule has 0 aliphatic heterocycles. The third-order valence-corrected chi connectivity index (χ3v) is 3.85. The van der Waals surface area contributed by atoms with Gasteiger partial charge in [0.15, 0.2) is 5.69 Å². The van der Waals surface area contributed by atoms with Crippen molar-refractivity contribution in [3.05, 3.63) is 65.9 Å². The number of anilines is 1. The zero-order valence-electron chi connectivity index (χ0n) is 14.3. The van der Waals surface area contributed by atoms with E-state index in [0.717, 1.165) is 0 Å². The average Bonchev–Trinajstić information content (AvgIpc) is 3.06. The van der Waals surface area contributed by atoms with Crippen molar-refractivity contribution in [3.63, 3.8) is 0 Å². The predicted molar refractivity (Wildman–Crippen MR) is 94.2 cm³/mol. The van der Waals surface area contributed by atoms with Crippen LogP contribution >= 0.6 is 0 Å². The van der Waals surface area contributed by atoms with Gasteiger partial charge in [0.05, 0.1) is 12.8 Å². The SMILES string of the molecule is CCn1nc(C(=O)Nc2cccc(F)c2)cc1-c1ccc(OC)cc1F. The quantitative estimate of drug-likeness (QED) is 0.748. The number of aromatic nitrogens is 2. The molecule has 0 saturated heterocycles. The molecule has 0 atom stereocenters. The number of carbonyl (C=O) groups is 1. The highest BCUT2D eigenvalue weighted by Crippen LogP contribution is 2.27. The topological polar surface area (TPSA) is 56.2 Å². The van der Waals surface area contributed by atoms with Crippen LogP contribution in [0.2, 0.25) is 0 Å². The Hall–Kier alpha value is -3.22. The second-order valence-electron chi connectivity index (χ2n) is 5.54. The molecule has 7 heteroatoms. The molecule has 0 radical (unpaired) electrons. The van der Waals surface area contributed by atoms with Crippen LogP contribution in [0.3, 0.4) is 0 Å². The first-order valence-electron chi connectivity index (χ1n) is 8.00. The summed E-state index contributed by atoms with van der Waals surface area (Å²) in [6.45, 7) is 2.29. The molecule has 134 valence electrons. The molecule has 0 fully saturated rings. The molecule has 1 aromatic heterocycles. The number of ether oxygens (including phenoxy) is 1. The molecule has 0 spiro atoms. The van der Waals surface area contributed by atoms with Crippen LogP contribution in [-0.2, 0) is 6.54 Å². The molecule has 3 rings (SSSR count). The standard InChI is InChI=1S/C19H17F2N3O2/c1-3-24-18(15-8-7-14(26-2)10-16(15)21)11-17(23-24)19(25)22-13-6-4-5-12(20)9-13/h4-11H,3H2,1-2H3,(H,22,25). The molecule has 2 aromatic carbocycles. The third-order valence-electron chi connectivity index (χ3n) is 3.85. The third kappa shape index (κ3) is 3.56. The number of aryl methyl sites for hydroxylation is 1. The summed E-state index contributed by atoms with van der Waals surface area (Å²) in [6.07, 6.45) is 0. The van der Waals surface area contributed by atoms with Gasteiger partial charge in [0.25, 0.3) is 5.91 Å². The fraction of sp³-hybridized carbons (Fsp3) is 0.158. The van der Waals surface area contributed by atoms with Crippen molar-refractivity contribution in [2.45, 2.75) is 13.5 Å². The van der Waals surface area contributed by atoms with Gasteiger partial charge in [-0.3, -0.25) is 9.48 Å². The normalized spacial score (nSPS) is 10.6. The summed E-state index contributed by atoms with van der Waals surface area (Å²) in [4.78, 5) is 12.4. The number of hydrogen-bond donors (Lipinski definition) is 1. The molecule has 1 N–H and O–H groups in total. The summed E-state index contributed by atoms with van der Waals surface area (Å²) in [7, 11) is 1.46. The van der Waals surface area contributed by atoms with E-state index in [1.807, 2.05) is 6.92 Å². The molecule has 5 nitrogen and oxygen atoms in total. The van der Waals surface area contributed by atoms with Gasteiger partial charge in [0, 0.05) is 23.9 Å². The van der Waals surface area contributed by atoms with Gasteiger partial charge in [-0.05, 0) is 43.3 Å². The van der Waals surface area contributed by atoms with Crippen molar-refractivity contribution < 1.29 is 18.3 Å². The highest BCUT2D eigenvalue weighted by molar-refractivity contribution is 6.03. The maximum absolute atomic E-state index is 14.4. The Bertz CT molecular complexity index is 954. The second-order valence-corrected chi connectivity index (χ2v) is 5.54. The fourth-order valence-electron chi connectivity index (χ4n) is 2.58. The number of halogens is 2. The molecule has 1 amide bonds. The first-order valence-corrected chi connectivity index (χ1v) is 8.00. The monoisotopic (exact) mass is 357 g/mol. The lowest BCUT2D eigenvalue weighted by Crippen LogP contribution is -2.13. The Balaban J connectivity index is 1.92. The number of nitrogens with zero attached hydrogens (tertiary/aromatic N) is 2. The van der Waals surface area contributed by atoms with Gasteiger partial charge in [-0.15, -0.1) is 0 Å². The number of hydrogen-bond acceptors (Lipinski definition) is 3. The lowest BCUT2D eigenvalue weighted by atomic mass is 10.1. The van der Waals surface area contributed by atoms with Crippen LogP contribution in [0.5, 0.6) is 5.75 Å². The average molecular weight is 357 g/mol. The summed E-state index contributed by atoms with van der Waals surface area (Å²) >= 11 is 0. The minimum atomic E-state index is -0.502. The lowest BCUT2D eigenvalue weighted by Gasteiger charge is -2.07. The van der Waals surface area contributed by atoms with Crippen molar-refractivity contribution in [3.8, 4) is 17.0 Å². The zero-order chi connectivity index (χ0) is 18.7. The summed E-state index contributed by atoms with van der Waals surface area (Å²) in [5.74, 6) is -1.03. The molecule has 1 heterocycles. The summed E-state index contributed by atoms with van der Waals surface area (Å²) in [6, 6.07) is 11.5. The van der Waals surface area contributed by atoms with Crippen molar-refractivity contribution >= 4 is 11.6 Å². The lowest BCUT2D eigenvalue weighted by molar-refractivity contribution is 0.102. The van der Waals surface area contributed by atoms with Crippen molar-refractivity contribution in [2.75, 3.05) is 12.4 Å². The van der Waals surface area contributed by atoms with Gasteiger partial charge in [-0.25, -0.2) is 8.78 Å². The van der Waals surface area contributed by atoms with Gasteiger partial charge in [0.2, 0.25) is 0 Å². The van der Waals surface area contributed by atoms with E-state index in [1.54, 1.807) is 18.2 Å². The van der Waals surface area contributed by atoms with Crippen molar-refractivity contribution in [2.24, 2.45) is 0 Å². The van der Waals surface area contributed by atoms with Gasteiger partial charge in [-0.1, -0.05) is 6.07 Å². The number of rotatable bonds is 5. The van der Waals surface area contributed by atoms with E-state index < -0.39 is 17.5 Å². The number of carbonyl (C=O) groups excluding carboxylic acids is 1. The molecule has 0 aliphatic rings. The maximum Gasteiger partial charge on any atom is 0.276 e. The Labute approximate surface area is 149 Å². The van der Waals surface area contributed by atoms with Crippen molar-refractivity contribution in [1.82, 2.24) is 9.78 Å². The number of benzene rings is 2. The summed E-state index contributed by atoms with van der Waals surface area (Å²) in [5, 5.41) is 6.80. The molecule has 3 aromatic rings. The van der Waals surface area contributed by atoms with Crippen LogP contribution in [0, 0.1) is 11.6 Å². The first-order chi connectivity index (χ1) is 12.5. The van der Waals surface area contributed by atoms with Crippen LogP contribution in [0.4, 0.5) is 14.5 Å². The molecule has 26 heavy (non-hydrogen) atoms. The molecule has 0 saturated carbocycles. The summed E-state index contributed by atoms with van der Waals surface area (Å²) < 4.78 is 34.2. The highest BCUT2D eigenvalue weighted by Gasteiger charge is 2.18. The van der Waals surface area contributed by atoms with E-state index in [1.165, 1.54) is 42.1 Å². The molecular formula is C19H17F2N3O2.